The maximum atomic E-state index is 3.97. The summed E-state index contributed by atoms with van der Waals surface area (Å²) in [5, 5.41) is 3.97. The van der Waals surface area contributed by atoms with Crippen molar-refractivity contribution < 1.29 is 0 Å². The third-order valence-electron chi connectivity index (χ3n) is 6.18. The van der Waals surface area contributed by atoms with Crippen LogP contribution in [0.4, 0.5) is 0 Å². The third kappa shape index (κ3) is 4.48. The Morgan fingerprint density at radius 1 is 0.850 bits per heavy atom. The van der Waals surface area contributed by atoms with E-state index in [1.54, 1.807) is 0 Å². The summed E-state index contributed by atoms with van der Waals surface area (Å²) in [7, 11) is 0. The summed E-state index contributed by atoms with van der Waals surface area (Å²) >= 11 is 0. The van der Waals surface area contributed by atoms with Gasteiger partial charge >= 0.3 is 0 Å². The highest BCUT2D eigenvalue weighted by Crippen LogP contribution is 2.39. The first-order valence-corrected chi connectivity index (χ1v) is 9.45. The molecule has 0 bridgehead atoms. The van der Waals surface area contributed by atoms with Crippen LogP contribution < -0.4 is 5.32 Å². The first-order valence-electron chi connectivity index (χ1n) is 9.45. The minimum absolute atomic E-state index is 0.822. The van der Waals surface area contributed by atoms with Crippen LogP contribution in [0, 0.1) is 23.7 Å². The molecule has 1 N–H and O–H groups in total. The Kier molecular flexibility index (Phi) is 6.87. The van der Waals surface area contributed by atoms with E-state index in [9.17, 15) is 0 Å². The van der Waals surface area contributed by atoms with Crippen molar-refractivity contribution in [1.82, 2.24) is 5.32 Å². The number of hydrogen-bond acceptors (Lipinski definition) is 1. The van der Waals surface area contributed by atoms with Crippen molar-refractivity contribution in [3.63, 3.8) is 0 Å². The van der Waals surface area contributed by atoms with Gasteiger partial charge in [-0.1, -0.05) is 52.9 Å². The topological polar surface area (TPSA) is 12.0 Å². The van der Waals surface area contributed by atoms with Crippen molar-refractivity contribution in [3.8, 4) is 0 Å². The van der Waals surface area contributed by atoms with Gasteiger partial charge in [0.05, 0.1) is 0 Å². The molecule has 1 heteroatoms. The zero-order valence-electron chi connectivity index (χ0n) is 14.2. The summed E-state index contributed by atoms with van der Waals surface area (Å²) in [5.74, 6) is 3.81. The van der Waals surface area contributed by atoms with Gasteiger partial charge in [0, 0.05) is 6.04 Å². The maximum Gasteiger partial charge on any atom is 0.0124 e. The first-order chi connectivity index (χ1) is 9.72. The molecule has 0 spiro atoms. The Morgan fingerprint density at radius 2 is 1.55 bits per heavy atom. The number of nitrogens with one attached hydrogen (secondary N) is 1. The van der Waals surface area contributed by atoms with Gasteiger partial charge in [-0.3, -0.25) is 0 Å². The normalized spacial score (nSPS) is 34.6. The Hall–Kier alpha value is -0.0400. The lowest BCUT2D eigenvalue weighted by Gasteiger charge is -2.40. The molecule has 0 saturated heterocycles. The average molecular weight is 280 g/mol. The molecule has 0 radical (unpaired) electrons. The minimum Gasteiger partial charge on any atom is -0.313 e. The molecule has 0 aliphatic heterocycles. The second-order valence-electron chi connectivity index (χ2n) is 7.76. The molecule has 0 aromatic heterocycles. The summed E-state index contributed by atoms with van der Waals surface area (Å²) in [6.45, 7) is 8.48. The molecule has 20 heavy (non-hydrogen) atoms. The molecule has 2 saturated carbocycles. The quantitative estimate of drug-likeness (QED) is 0.665. The molecule has 118 valence electrons. The lowest BCUT2D eigenvalue weighted by atomic mass is 9.70. The molecule has 2 fully saturated rings. The van der Waals surface area contributed by atoms with Crippen LogP contribution in [0.2, 0.25) is 0 Å². The number of rotatable bonds is 5. The van der Waals surface area contributed by atoms with Gasteiger partial charge in [0.25, 0.3) is 0 Å². The molecule has 1 nitrogen and oxygen atoms in total. The molecule has 0 amide bonds. The second kappa shape index (κ2) is 8.41. The van der Waals surface area contributed by atoms with Crippen LogP contribution >= 0.6 is 0 Å². The summed E-state index contributed by atoms with van der Waals surface area (Å²) < 4.78 is 0. The van der Waals surface area contributed by atoms with Crippen LogP contribution in [0.15, 0.2) is 0 Å². The van der Waals surface area contributed by atoms with E-state index in [-0.39, 0.29) is 0 Å². The zero-order chi connectivity index (χ0) is 14.4. The monoisotopic (exact) mass is 279 g/mol. The van der Waals surface area contributed by atoms with E-state index in [4.69, 9.17) is 0 Å². The molecule has 0 aromatic rings. The van der Waals surface area contributed by atoms with Gasteiger partial charge in [-0.25, -0.2) is 0 Å². The molecule has 2 aliphatic carbocycles. The predicted octanol–water partition coefficient (Wildman–Crippen LogP) is 5.40. The molecular formula is C19H37N. The van der Waals surface area contributed by atoms with Gasteiger partial charge in [-0.15, -0.1) is 0 Å². The van der Waals surface area contributed by atoms with Gasteiger partial charge in [-0.05, 0) is 62.3 Å². The molecule has 2 aliphatic rings. The van der Waals surface area contributed by atoms with Crippen molar-refractivity contribution >= 4 is 0 Å². The molecular weight excluding hydrogens is 242 g/mol. The summed E-state index contributed by atoms with van der Waals surface area (Å²) in [5.41, 5.74) is 0. The Morgan fingerprint density at radius 3 is 2.15 bits per heavy atom. The summed E-state index contributed by atoms with van der Waals surface area (Å²) in [4.78, 5) is 0. The first kappa shape index (κ1) is 16.3. The largest absolute Gasteiger partial charge is 0.313 e. The molecule has 2 rings (SSSR count). The molecule has 4 atom stereocenters. The average Bonchev–Trinajstić information content (AvgIpc) is 2.72. The lowest BCUT2D eigenvalue weighted by molar-refractivity contribution is 0.134. The fourth-order valence-electron chi connectivity index (χ4n) is 4.61. The fourth-order valence-corrected chi connectivity index (χ4v) is 4.61. The molecule has 0 heterocycles. The van der Waals surface area contributed by atoms with Gasteiger partial charge in [0.1, 0.15) is 0 Å². The predicted molar refractivity (Wildman–Crippen MR) is 88.9 cm³/mol. The van der Waals surface area contributed by atoms with E-state index in [0.29, 0.717) is 0 Å². The van der Waals surface area contributed by atoms with E-state index >= 15 is 0 Å². The summed E-state index contributed by atoms with van der Waals surface area (Å²) in [6, 6.07) is 0.822. The Labute approximate surface area is 127 Å². The van der Waals surface area contributed by atoms with Crippen LogP contribution in [-0.4, -0.2) is 12.6 Å². The number of hydrogen-bond donors (Lipinski definition) is 1. The van der Waals surface area contributed by atoms with Crippen molar-refractivity contribution in [1.29, 1.82) is 0 Å². The maximum absolute atomic E-state index is 3.97. The Bertz CT molecular complexity index is 254. The zero-order valence-corrected chi connectivity index (χ0v) is 14.2. The van der Waals surface area contributed by atoms with E-state index in [1.165, 1.54) is 70.8 Å². The van der Waals surface area contributed by atoms with Crippen molar-refractivity contribution in [3.05, 3.63) is 0 Å². The molecule has 0 aromatic carbocycles. The van der Waals surface area contributed by atoms with Gasteiger partial charge in [0.2, 0.25) is 0 Å². The van der Waals surface area contributed by atoms with Crippen LogP contribution in [0.25, 0.3) is 0 Å². The van der Waals surface area contributed by atoms with E-state index in [0.717, 1.165) is 29.7 Å². The Balaban J connectivity index is 1.98. The van der Waals surface area contributed by atoms with E-state index < -0.39 is 0 Å². The summed E-state index contributed by atoms with van der Waals surface area (Å²) in [6.07, 6.45) is 14.6. The van der Waals surface area contributed by atoms with E-state index in [2.05, 4.69) is 26.1 Å². The van der Waals surface area contributed by atoms with Crippen LogP contribution in [0.5, 0.6) is 0 Å². The van der Waals surface area contributed by atoms with Crippen LogP contribution in [0.1, 0.15) is 85.0 Å². The highest BCUT2D eigenvalue weighted by atomic mass is 14.9. The van der Waals surface area contributed by atoms with Crippen molar-refractivity contribution in [2.75, 3.05) is 6.54 Å². The highest BCUT2D eigenvalue weighted by Gasteiger charge is 2.34. The SMILES string of the molecule is CCCNC(C1CCCCCC1)C1CCC(C)C(C)C1. The van der Waals surface area contributed by atoms with Crippen LogP contribution in [0.3, 0.4) is 0 Å². The van der Waals surface area contributed by atoms with Crippen LogP contribution in [-0.2, 0) is 0 Å². The second-order valence-corrected chi connectivity index (χ2v) is 7.76. The minimum atomic E-state index is 0.822. The van der Waals surface area contributed by atoms with Crippen molar-refractivity contribution in [2.45, 2.75) is 91.0 Å². The van der Waals surface area contributed by atoms with Gasteiger partial charge in [0.15, 0.2) is 0 Å². The van der Waals surface area contributed by atoms with Gasteiger partial charge < -0.3 is 5.32 Å². The fraction of sp³-hybridized carbons (Fsp3) is 1.00. The third-order valence-corrected chi connectivity index (χ3v) is 6.18. The van der Waals surface area contributed by atoms with Crippen molar-refractivity contribution in [2.24, 2.45) is 23.7 Å². The highest BCUT2D eigenvalue weighted by molar-refractivity contribution is 4.88. The lowest BCUT2D eigenvalue weighted by Crippen LogP contribution is -2.45. The van der Waals surface area contributed by atoms with E-state index in [1.807, 2.05) is 0 Å². The van der Waals surface area contributed by atoms with Gasteiger partial charge in [-0.2, -0.15) is 0 Å². The smallest absolute Gasteiger partial charge is 0.0124 e. The standard InChI is InChI=1S/C19H37N/c1-4-13-20-19(17-9-7-5-6-8-10-17)18-12-11-15(2)16(3)14-18/h15-20H,4-14H2,1-3H3. The molecule has 4 unspecified atom stereocenters.